The molecule has 33 heavy (non-hydrogen) atoms. The fourth-order valence-electron chi connectivity index (χ4n) is 3.22. The number of rotatable bonds is 2. The second-order valence-corrected chi connectivity index (χ2v) is 7.88. The summed E-state index contributed by atoms with van der Waals surface area (Å²) in [5, 5.41) is 22.0. The number of hydrogen-bond donors (Lipinski definition) is 3. The predicted molar refractivity (Wildman–Crippen MR) is 107 cm³/mol. The summed E-state index contributed by atoms with van der Waals surface area (Å²) < 4.78 is 63.5. The number of aliphatic carboxylic acids is 2. The molecule has 0 bridgehead atoms. The lowest BCUT2D eigenvalue weighted by Crippen LogP contribution is -2.25. The van der Waals surface area contributed by atoms with Gasteiger partial charge in [-0.3, -0.25) is 4.98 Å². The van der Waals surface area contributed by atoms with Gasteiger partial charge >= 0.3 is 24.3 Å². The second kappa shape index (κ2) is 10.8. The quantitative estimate of drug-likeness (QED) is 0.541. The highest BCUT2D eigenvalue weighted by Gasteiger charge is 2.39. The van der Waals surface area contributed by atoms with E-state index in [1.165, 1.54) is 37.4 Å². The average molecular weight is 499 g/mol. The molecule has 2 unspecified atom stereocenters. The predicted octanol–water partition coefficient (Wildman–Crippen LogP) is 3.73. The number of alkyl halides is 6. The van der Waals surface area contributed by atoms with Gasteiger partial charge in [0, 0.05) is 37.1 Å². The molecule has 182 valence electrons. The molecule has 14 heteroatoms. The fraction of sp³-hybridized carbons (Fsp3) is 0.421. The Bertz CT molecular complexity index is 883. The highest BCUT2D eigenvalue weighted by Crippen LogP contribution is 2.31. The summed E-state index contributed by atoms with van der Waals surface area (Å²) in [5.41, 5.74) is 3.57. The number of carboxylic acids is 2. The zero-order valence-electron chi connectivity index (χ0n) is 16.7. The van der Waals surface area contributed by atoms with Crippen molar-refractivity contribution in [3.8, 4) is 11.3 Å². The molecule has 2 aliphatic heterocycles. The van der Waals surface area contributed by atoms with Gasteiger partial charge in [-0.2, -0.15) is 37.7 Å². The Morgan fingerprint density at radius 2 is 1.48 bits per heavy atom. The Morgan fingerprint density at radius 1 is 0.970 bits per heavy atom. The SMILES string of the molecule is O=C(O)C(F)(F)F.O=C(O)C(F)(F)F.c1cc(-c2ccc(N3CC4CNCC4C3)cn2)cs1. The first kappa shape index (κ1) is 26.4. The van der Waals surface area contributed by atoms with E-state index in [9.17, 15) is 26.3 Å². The van der Waals surface area contributed by atoms with Gasteiger partial charge in [0.2, 0.25) is 0 Å². The zero-order chi connectivity index (χ0) is 24.8. The molecule has 2 aromatic rings. The van der Waals surface area contributed by atoms with Crippen LogP contribution >= 0.6 is 11.3 Å². The molecule has 0 amide bonds. The van der Waals surface area contributed by atoms with Gasteiger partial charge in [0.15, 0.2) is 0 Å². The van der Waals surface area contributed by atoms with E-state index in [-0.39, 0.29) is 0 Å². The van der Waals surface area contributed by atoms with Crippen LogP contribution in [0.4, 0.5) is 32.0 Å². The molecule has 7 nitrogen and oxygen atoms in total. The van der Waals surface area contributed by atoms with Gasteiger partial charge in [-0.1, -0.05) is 0 Å². The maximum Gasteiger partial charge on any atom is 0.490 e. The number of carbonyl (C=O) groups is 2. The molecule has 2 aromatic heterocycles. The van der Waals surface area contributed by atoms with Gasteiger partial charge in [-0.25, -0.2) is 9.59 Å². The first-order valence-corrected chi connectivity index (χ1v) is 10.3. The van der Waals surface area contributed by atoms with Crippen LogP contribution in [0.25, 0.3) is 11.3 Å². The van der Waals surface area contributed by atoms with E-state index < -0.39 is 24.3 Å². The summed E-state index contributed by atoms with van der Waals surface area (Å²) in [4.78, 5) is 24.9. The topological polar surface area (TPSA) is 103 Å². The Labute approximate surface area is 187 Å². The number of thiophene rings is 1. The van der Waals surface area contributed by atoms with Crippen LogP contribution in [0.5, 0.6) is 0 Å². The first-order valence-electron chi connectivity index (χ1n) is 9.33. The van der Waals surface area contributed by atoms with E-state index in [0.29, 0.717) is 0 Å². The van der Waals surface area contributed by atoms with Crippen molar-refractivity contribution < 1.29 is 46.1 Å². The third-order valence-corrected chi connectivity index (χ3v) is 5.49. The van der Waals surface area contributed by atoms with Crippen LogP contribution in [-0.2, 0) is 9.59 Å². The van der Waals surface area contributed by atoms with Crippen LogP contribution in [0.15, 0.2) is 35.2 Å². The van der Waals surface area contributed by atoms with Gasteiger partial charge in [0.1, 0.15) is 0 Å². The summed E-state index contributed by atoms with van der Waals surface area (Å²) >= 11 is 1.72. The van der Waals surface area contributed by atoms with Crippen LogP contribution in [0.2, 0.25) is 0 Å². The number of pyridine rings is 1. The number of aromatic nitrogens is 1. The smallest absolute Gasteiger partial charge is 0.475 e. The molecule has 3 N–H and O–H groups in total. The van der Waals surface area contributed by atoms with E-state index in [1.54, 1.807) is 11.3 Å². The molecule has 0 spiro atoms. The van der Waals surface area contributed by atoms with Crippen molar-refractivity contribution in [3.05, 3.63) is 35.2 Å². The molecule has 0 saturated carbocycles. The molecule has 4 rings (SSSR count). The molecule has 2 atom stereocenters. The summed E-state index contributed by atoms with van der Waals surface area (Å²) in [6.45, 7) is 4.72. The van der Waals surface area contributed by atoms with E-state index in [0.717, 1.165) is 17.5 Å². The van der Waals surface area contributed by atoms with Crippen molar-refractivity contribution in [2.45, 2.75) is 12.4 Å². The van der Waals surface area contributed by atoms with Crippen molar-refractivity contribution in [2.75, 3.05) is 31.1 Å². The maximum atomic E-state index is 10.6. The van der Waals surface area contributed by atoms with Crippen LogP contribution < -0.4 is 10.2 Å². The largest absolute Gasteiger partial charge is 0.490 e. The third-order valence-electron chi connectivity index (χ3n) is 4.80. The van der Waals surface area contributed by atoms with E-state index in [1.807, 2.05) is 6.20 Å². The van der Waals surface area contributed by atoms with Gasteiger partial charge in [0.05, 0.1) is 17.6 Å². The number of halogens is 6. The molecule has 4 heterocycles. The molecule has 2 saturated heterocycles. The Balaban J connectivity index is 0.000000230. The van der Waals surface area contributed by atoms with Gasteiger partial charge < -0.3 is 20.4 Å². The number of anilines is 1. The summed E-state index contributed by atoms with van der Waals surface area (Å²) in [7, 11) is 0. The Hall–Kier alpha value is -2.87. The monoisotopic (exact) mass is 499 g/mol. The van der Waals surface area contributed by atoms with Crippen molar-refractivity contribution >= 4 is 29.0 Å². The van der Waals surface area contributed by atoms with Gasteiger partial charge in [0.25, 0.3) is 0 Å². The molecule has 2 aliphatic rings. The minimum atomic E-state index is -5.08. The van der Waals surface area contributed by atoms with Crippen molar-refractivity contribution in [1.82, 2.24) is 10.3 Å². The molecule has 0 radical (unpaired) electrons. The molecular formula is C19H19F6N3O4S. The first-order chi connectivity index (χ1) is 15.3. The summed E-state index contributed by atoms with van der Waals surface area (Å²) in [5.74, 6) is -3.85. The maximum absolute atomic E-state index is 10.6. The van der Waals surface area contributed by atoms with E-state index in [4.69, 9.17) is 19.8 Å². The van der Waals surface area contributed by atoms with Crippen molar-refractivity contribution in [1.29, 1.82) is 0 Å². The van der Waals surface area contributed by atoms with Crippen LogP contribution in [0, 0.1) is 11.8 Å². The number of carboxylic acid groups (broad SMARTS) is 2. The van der Waals surface area contributed by atoms with Gasteiger partial charge in [-0.15, -0.1) is 0 Å². The number of nitrogens with zero attached hydrogens (tertiary/aromatic N) is 2. The minimum absolute atomic E-state index is 0.830. The fourth-order valence-corrected chi connectivity index (χ4v) is 3.87. The highest BCUT2D eigenvalue weighted by atomic mass is 32.1. The second-order valence-electron chi connectivity index (χ2n) is 7.10. The van der Waals surface area contributed by atoms with E-state index in [2.05, 4.69) is 44.2 Å². The highest BCUT2D eigenvalue weighted by molar-refractivity contribution is 7.08. The summed E-state index contributed by atoms with van der Waals surface area (Å²) in [6.07, 6.45) is -8.14. The molecular weight excluding hydrogens is 480 g/mol. The van der Waals surface area contributed by atoms with Crippen LogP contribution in [0.1, 0.15) is 0 Å². The molecule has 0 aromatic carbocycles. The standard InChI is InChI=1S/C15H17N3S.2C2HF3O2/c1-2-15(11-3-4-19-10-11)17-7-14(1)18-8-12-5-16-6-13(12)9-18;2*3-2(4,5)1(6)7/h1-4,7,10,12-13,16H,5-6,8-9H2;2*(H,6,7). The van der Waals surface area contributed by atoms with Crippen molar-refractivity contribution in [2.24, 2.45) is 11.8 Å². The van der Waals surface area contributed by atoms with Crippen LogP contribution in [0.3, 0.4) is 0 Å². The lowest BCUT2D eigenvalue weighted by molar-refractivity contribution is -0.193. The number of fused-ring (bicyclic) bond motifs is 1. The molecule has 2 fully saturated rings. The van der Waals surface area contributed by atoms with Gasteiger partial charge in [-0.05, 0) is 35.4 Å². The van der Waals surface area contributed by atoms with E-state index >= 15 is 0 Å². The third kappa shape index (κ3) is 7.89. The minimum Gasteiger partial charge on any atom is -0.475 e. The Morgan fingerprint density at radius 3 is 1.85 bits per heavy atom. The molecule has 0 aliphatic carbocycles. The number of nitrogens with one attached hydrogen (secondary N) is 1. The zero-order valence-corrected chi connectivity index (χ0v) is 17.5. The summed E-state index contributed by atoms with van der Waals surface area (Å²) in [6, 6.07) is 6.48. The Kier molecular flexibility index (Phi) is 8.66. The normalized spacial score (nSPS) is 19.6. The van der Waals surface area contributed by atoms with Crippen LogP contribution in [-0.4, -0.2) is 65.7 Å². The number of hydrogen-bond acceptors (Lipinski definition) is 6. The van der Waals surface area contributed by atoms with Crippen molar-refractivity contribution in [3.63, 3.8) is 0 Å². The lowest BCUT2D eigenvalue weighted by Gasteiger charge is -2.19. The average Bonchev–Trinajstić information content (AvgIpc) is 3.45. The lowest BCUT2D eigenvalue weighted by atomic mass is 10.0.